The fraction of sp³-hybridized carbons (Fsp3) is 0.250. The van der Waals surface area contributed by atoms with Gasteiger partial charge in [-0.05, 0) is 30.7 Å². The van der Waals surface area contributed by atoms with Crippen molar-refractivity contribution in [1.82, 2.24) is 10.1 Å². The first kappa shape index (κ1) is 18.4. The standard InChI is InChI=1S/C20H21N3O4/c1-3-7-19-22-20(23-27-19)14-8-6-9-15(12-14)26-13-18(24)21-16-10-4-5-11-17(16)25-2/h4-6,8-12H,3,7,13H2,1-2H3,(H,21,24). The topological polar surface area (TPSA) is 86.5 Å². The van der Waals surface area contributed by atoms with E-state index in [1.807, 2.05) is 24.3 Å². The van der Waals surface area contributed by atoms with Crippen LogP contribution in [-0.2, 0) is 11.2 Å². The van der Waals surface area contributed by atoms with Crippen molar-refractivity contribution in [1.29, 1.82) is 0 Å². The first-order valence-electron chi connectivity index (χ1n) is 8.68. The van der Waals surface area contributed by atoms with Crippen LogP contribution in [0.3, 0.4) is 0 Å². The van der Waals surface area contributed by atoms with Gasteiger partial charge in [-0.25, -0.2) is 0 Å². The number of hydrogen-bond donors (Lipinski definition) is 1. The number of amides is 1. The van der Waals surface area contributed by atoms with Crippen molar-refractivity contribution in [3.8, 4) is 22.9 Å². The van der Waals surface area contributed by atoms with E-state index >= 15 is 0 Å². The Morgan fingerprint density at radius 1 is 1.19 bits per heavy atom. The Morgan fingerprint density at radius 3 is 2.85 bits per heavy atom. The summed E-state index contributed by atoms with van der Waals surface area (Å²) in [5.41, 5.74) is 1.36. The first-order chi connectivity index (χ1) is 13.2. The number of carbonyl (C=O) groups is 1. The van der Waals surface area contributed by atoms with Crippen LogP contribution in [0.2, 0.25) is 0 Å². The van der Waals surface area contributed by atoms with E-state index in [9.17, 15) is 4.79 Å². The molecule has 140 valence electrons. The van der Waals surface area contributed by atoms with Crippen LogP contribution in [0.5, 0.6) is 11.5 Å². The molecule has 7 nitrogen and oxygen atoms in total. The zero-order valence-corrected chi connectivity index (χ0v) is 15.3. The highest BCUT2D eigenvalue weighted by Gasteiger charge is 2.11. The molecule has 0 aliphatic rings. The molecule has 1 heterocycles. The number of carbonyl (C=O) groups excluding carboxylic acids is 1. The van der Waals surface area contributed by atoms with E-state index in [1.54, 1.807) is 31.4 Å². The molecule has 0 saturated carbocycles. The Balaban J connectivity index is 1.61. The molecule has 3 rings (SSSR count). The average molecular weight is 367 g/mol. The minimum atomic E-state index is -0.283. The summed E-state index contributed by atoms with van der Waals surface area (Å²) in [7, 11) is 1.55. The fourth-order valence-electron chi connectivity index (χ4n) is 2.50. The number of benzene rings is 2. The predicted octanol–water partition coefficient (Wildman–Crippen LogP) is 3.72. The third-order valence-corrected chi connectivity index (χ3v) is 3.78. The molecule has 3 aromatic rings. The number of nitrogens with one attached hydrogen (secondary N) is 1. The monoisotopic (exact) mass is 367 g/mol. The summed E-state index contributed by atoms with van der Waals surface area (Å²) in [6.45, 7) is 1.92. The van der Waals surface area contributed by atoms with Crippen molar-refractivity contribution in [2.75, 3.05) is 19.0 Å². The maximum atomic E-state index is 12.2. The van der Waals surface area contributed by atoms with E-state index in [0.29, 0.717) is 28.9 Å². The van der Waals surface area contributed by atoms with Crippen LogP contribution >= 0.6 is 0 Å². The van der Waals surface area contributed by atoms with Crippen LogP contribution in [0.15, 0.2) is 53.1 Å². The minimum Gasteiger partial charge on any atom is -0.495 e. The van der Waals surface area contributed by atoms with Crippen LogP contribution in [0.25, 0.3) is 11.4 Å². The van der Waals surface area contributed by atoms with Gasteiger partial charge < -0.3 is 19.3 Å². The number of anilines is 1. The molecular formula is C20H21N3O4. The number of methoxy groups -OCH3 is 1. The molecule has 2 aromatic carbocycles. The highest BCUT2D eigenvalue weighted by Crippen LogP contribution is 2.24. The van der Waals surface area contributed by atoms with Gasteiger partial charge in [0, 0.05) is 12.0 Å². The molecule has 1 N–H and O–H groups in total. The van der Waals surface area contributed by atoms with Gasteiger partial charge in [0.15, 0.2) is 6.61 Å². The van der Waals surface area contributed by atoms with Crippen LogP contribution in [0, 0.1) is 0 Å². The van der Waals surface area contributed by atoms with E-state index in [0.717, 1.165) is 18.4 Å². The number of rotatable bonds is 8. The lowest BCUT2D eigenvalue weighted by atomic mass is 10.2. The maximum absolute atomic E-state index is 12.2. The Morgan fingerprint density at radius 2 is 2.04 bits per heavy atom. The quantitative estimate of drug-likeness (QED) is 0.653. The van der Waals surface area contributed by atoms with E-state index in [-0.39, 0.29) is 12.5 Å². The Labute approximate surface area is 157 Å². The van der Waals surface area contributed by atoms with Crippen molar-refractivity contribution >= 4 is 11.6 Å². The van der Waals surface area contributed by atoms with Crippen molar-refractivity contribution in [2.24, 2.45) is 0 Å². The van der Waals surface area contributed by atoms with Crippen LogP contribution < -0.4 is 14.8 Å². The Hall–Kier alpha value is -3.35. The third-order valence-electron chi connectivity index (χ3n) is 3.78. The van der Waals surface area contributed by atoms with Crippen molar-refractivity contribution in [3.63, 3.8) is 0 Å². The molecule has 0 atom stereocenters. The molecule has 0 aliphatic heterocycles. The summed E-state index contributed by atoms with van der Waals surface area (Å²) >= 11 is 0. The lowest BCUT2D eigenvalue weighted by molar-refractivity contribution is -0.118. The van der Waals surface area contributed by atoms with Crippen molar-refractivity contribution in [2.45, 2.75) is 19.8 Å². The number of para-hydroxylation sites is 2. The maximum Gasteiger partial charge on any atom is 0.262 e. The number of hydrogen-bond acceptors (Lipinski definition) is 6. The molecular weight excluding hydrogens is 346 g/mol. The summed E-state index contributed by atoms with van der Waals surface area (Å²) in [6.07, 6.45) is 1.68. The summed E-state index contributed by atoms with van der Waals surface area (Å²) < 4.78 is 16.0. The molecule has 7 heteroatoms. The lowest BCUT2D eigenvalue weighted by Crippen LogP contribution is -2.20. The van der Waals surface area contributed by atoms with Gasteiger partial charge in [0.2, 0.25) is 11.7 Å². The number of aryl methyl sites for hydroxylation is 1. The molecule has 0 aliphatic carbocycles. The molecule has 0 spiro atoms. The predicted molar refractivity (Wildman–Crippen MR) is 101 cm³/mol. The van der Waals surface area contributed by atoms with Gasteiger partial charge in [0.05, 0.1) is 12.8 Å². The number of aromatic nitrogens is 2. The molecule has 0 fully saturated rings. The smallest absolute Gasteiger partial charge is 0.262 e. The summed E-state index contributed by atoms with van der Waals surface area (Å²) in [5.74, 6) is 1.96. The fourth-order valence-corrected chi connectivity index (χ4v) is 2.50. The highest BCUT2D eigenvalue weighted by atomic mass is 16.5. The zero-order chi connectivity index (χ0) is 19.1. The summed E-state index contributed by atoms with van der Waals surface area (Å²) in [4.78, 5) is 16.5. The van der Waals surface area contributed by atoms with Gasteiger partial charge in [-0.1, -0.05) is 36.3 Å². The minimum absolute atomic E-state index is 0.130. The largest absolute Gasteiger partial charge is 0.495 e. The van der Waals surface area contributed by atoms with Gasteiger partial charge in [-0.15, -0.1) is 0 Å². The van der Waals surface area contributed by atoms with Gasteiger partial charge in [-0.2, -0.15) is 4.98 Å². The van der Waals surface area contributed by atoms with Crippen molar-refractivity contribution < 1.29 is 18.8 Å². The summed E-state index contributed by atoms with van der Waals surface area (Å²) in [5, 5.41) is 6.75. The number of ether oxygens (including phenoxy) is 2. The van der Waals surface area contributed by atoms with E-state index in [4.69, 9.17) is 14.0 Å². The Bertz CT molecular complexity index is 908. The van der Waals surface area contributed by atoms with Gasteiger partial charge >= 0.3 is 0 Å². The van der Waals surface area contributed by atoms with Crippen molar-refractivity contribution in [3.05, 3.63) is 54.4 Å². The average Bonchev–Trinajstić information content (AvgIpc) is 3.16. The number of nitrogens with zero attached hydrogens (tertiary/aromatic N) is 2. The molecule has 0 bridgehead atoms. The normalized spacial score (nSPS) is 10.4. The third kappa shape index (κ3) is 4.84. The van der Waals surface area contributed by atoms with Gasteiger partial charge in [-0.3, -0.25) is 4.79 Å². The SMILES string of the molecule is CCCc1nc(-c2cccc(OCC(=O)Nc3ccccc3OC)c2)no1. The van der Waals surface area contributed by atoms with Gasteiger partial charge in [0.1, 0.15) is 11.5 Å². The summed E-state index contributed by atoms with van der Waals surface area (Å²) in [6, 6.07) is 14.4. The molecule has 1 amide bonds. The first-order valence-corrected chi connectivity index (χ1v) is 8.68. The molecule has 27 heavy (non-hydrogen) atoms. The van der Waals surface area contributed by atoms with Crippen LogP contribution in [0.1, 0.15) is 19.2 Å². The second-order valence-corrected chi connectivity index (χ2v) is 5.83. The van der Waals surface area contributed by atoms with E-state index < -0.39 is 0 Å². The molecule has 1 aromatic heterocycles. The molecule has 0 unspecified atom stereocenters. The second-order valence-electron chi connectivity index (χ2n) is 5.83. The van der Waals surface area contributed by atoms with Crippen LogP contribution in [-0.4, -0.2) is 29.8 Å². The lowest BCUT2D eigenvalue weighted by Gasteiger charge is -2.10. The van der Waals surface area contributed by atoms with E-state index in [1.165, 1.54) is 0 Å². The Kier molecular flexibility index (Phi) is 6.04. The highest BCUT2D eigenvalue weighted by molar-refractivity contribution is 5.93. The van der Waals surface area contributed by atoms with Gasteiger partial charge in [0.25, 0.3) is 5.91 Å². The molecule has 0 saturated heterocycles. The van der Waals surface area contributed by atoms with Crippen LogP contribution in [0.4, 0.5) is 5.69 Å². The molecule has 0 radical (unpaired) electrons. The van der Waals surface area contributed by atoms with E-state index in [2.05, 4.69) is 22.4 Å². The zero-order valence-electron chi connectivity index (χ0n) is 15.3. The second kappa shape index (κ2) is 8.84.